The number of hydrogen-bond acceptors (Lipinski definition) is 4. The highest BCUT2D eigenvalue weighted by molar-refractivity contribution is 7.89. The first kappa shape index (κ1) is 17.1. The Hall–Kier alpha value is -0.950. The lowest BCUT2D eigenvalue weighted by Crippen LogP contribution is -2.31. The summed E-state index contributed by atoms with van der Waals surface area (Å²) in [7, 11) is -1.94. The van der Waals surface area contributed by atoms with Gasteiger partial charge in [0, 0.05) is 20.1 Å². The van der Waals surface area contributed by atoms with Crippen LogP contribution in [-0.4, -0.2) is 39.0 Å². The van der Waals surface area contributed by atoms with Crippen molar-refractivity contribution in [2.24, 2.45) is 5.73 Å². The number of nitrogens with zero attached hydrogens (tertiary/aromatic N) is 1. The Labute approximate surface area is 121 Å². The van der Waals surface area contributed by atoms with Gasteiger partial charge in [0.15, 0.2) is 0 Å². The van der Waals surface area contributed by atoms with Gasteiger partial charge in [-0.25, -0.2) is 8.42 Å². The summed E-state index contributed by atoms with van der Waals surface area (Å²) in [4.78, 5) is 0.312. The van der Waals surface area contributed by atoms with Crippen molar-refractivity contribution in [3.63, 3.8) is 0 Å². The van der Waals surface area contributed by atoms with E-state index in [-0.39, 0.29) is 6.10 Å². The van der Waals surface area contributed by atoms with E-state index < -0.39 is 10.0 Å². The Balaban J connectivity index is 2.92. The number of sulfonamides is 1. The number of benzene rings is 1. The molecule has 0 aliphatic rings. The van der Waals surface area contributed by atoms with Crippen LogP contribution in [0.1, 0.15) is 25.0 Å². The number of hydrogen-bond donors (Lipinski definition) is 1. The van der Waals surface area contributed by atoms with Crippen molar-refractivity contribution in [1.29, 1.82) is 0 Å². The monoisotopic (exact) mass is 300 g/mol. The second-order valence-corrected chi connectivity index (χ2v) is 7.06. The molecular formula is C14H24N2O3S. The maximum absolute atomic E-state index is 12.5. The molecule has 0 saturated heterocycles. The third-order valence-corrected chi connectivity index (χ3v) is 5.03. The van der Waals surface area contributed by atoms with E-state index in [0.717, 1.165) is 11.1 Å². The Bertz CT molecular complexity index is 541. The molecule has 0 bridgehead atoms. The van der Waals surface area contributed by atoms with E-state index in [4.69, 9.17) is 10.5 Å². The van der Waals surface area contributed by atoms with Crippen molar-refractivity contribution in [3.05, 3.63) is 29.3 Å². The lowest BCUT2D eigenvalue weighted by atomic mass is 10.1. The van der Waals surface area contributed by atoms with Crippen LogP contribution >= 0.6 is 0 Å². The summed E-state index contributed by atoms with van der Waals surface area (Å²) in [6.07, 6.45) is 0.0911. The third-order valence-electron chi connectivity index (χ3n) is 3.03. The van der Waals surface area contributed by atoms with Crippen molar-refractivity contribution in [2.75, 3.05) is 20.2 Å². The van der Waals surface area contributed by atoms with E-state index in [1.807, 2.05) is 19.9 Å². The SMILES string of the molecule is Cc1ccc(CN)cc1S(=O)(=O)N(C)CCOC(C)C. The van der Waals surface area contributed by atoms with E-state index in [1.165, 1.54) is 4.31 Å². The predicted molar refractivity (Wildman–Crippen MR) is 80.0 cm³/mol. The largest absolute Gasteiger partial charge is 0.377 e. The van der Waals surface area contributed by atoms with Crippen LogP contribution in [0.5, 0.6) is 0 Å². The molecule has 0 amide bonds. The quantitative estimate of drug-likeness (QED) is 0.828. The molecule has 114 valence electrons. The molecule has 0 spiro atoms. The molecule has 2 N–H and O–H groups in total. The van der Waals surface area contributed by atoms with E-state index in [0.29, 0.717) is 24.6 Å². The summed E-state index contributed by atoms with van der Waals surface area (Å²) in [5, 5.41) is 0. The van der Waals surface area contributed by atoms with E-state index in [2.05, 4.69) is 0 Å². The molecule has 6 heteroatoms. The Kier molecular flexibility index (Phi) is 6.13. The molecule has 0 heterocycles. The Morgan fingerprint density at radius 3 is 2.55 bits per heavy atom. The molecule has 0 unspecified atom stereocenters. The summed E-state index contributed by atoms with van der Waals surface area (Å²) in [6, 6.07) is 5.27. The summed E-state index contributed by atoms with van der Waals surface area (Å²) in [5.74, 6) is 0. The molecule has 0 atom stereocenters. The van der Waals surface area contributed by atoms with Gasteiger partial charge in [0.2, 0.25) is 10.0 Å². The number of rotatable bonds is 7. The van der Waals surface area contributed by atoms with Crippen LogP contribution in [0.4, 0.5) is 0 Å². The molecule has 0 aromatic heterocycles. The van der Waals surface area contributed by atoms with Crippen LogP contribution in [0.15, 0.2) is 23.1 Å². The average Bonchev–Trinajstić information content (AvgIpc) is 2.38. The van der Waals surface area contributed by atoms with Gasteiger partial charge in [0.25, 0.3) is 0 Å². The molecule has 0 radical (unpaired) electrons. The van der Waals surface area contributed by atoms with Crippen molar-refractivity contribution in [1.82, 2.24) is 4.31 Å². The molecule has 0 aliphatic carbocycles. The molecule has 1 aromatic carbocycles. The van der Waals surface area contributed by atoms with Crippen LogP contribution in [0.3, 0.4) is 0 Å². The summed E-state index contributed by atoms with van der Waals surface area (Å²) in [5.41, 5.74) is 7.10. The maximum atomic E-state index is 12.5. The first-order chi connectivity index (χ1) is 9.28. The molecule has 0 aliphatic heterocycles. The van der Waals surface area contributed by atoms with Crippen LogP contribution < -0.4 is 5.73 Å². The lowest BCUT2D eigenvalue weighted by Gasteiger charge is -2.19. The molecule has 5 nitrogen and oxygen atoms in total. The Morgan fingerprint density at radius 1 is 1.35 bits per heavy atom. The van der Waals surface area contributed by atoms with Crippen LogP contribution in [-0.2, 0) is 21.3 Å². The molecule has 20 heavy (non-hydrogen) atoms. The number of likely N-dealkylation sites (N-methyl/N-ethyl adjacent to an activating group) is 1. The normalized spacial score (nSPS) is 12.3. The van der Waals surface area contributed by atoms with E-state index >= 15 is 0 Å². The summed E-state index contributed by atoms with van der Waals surface area (Å²) >= 11 is 0. The van der Waals surface area contributed by atoms with Gasteiger partial charge in [0.05, 0.1) is 17.6 Å². The average molecular weight is 300 g/mol. The maximum Gasteiger partial charge on any atom is 0.243 e. The number of ether oxygens (including phenoxy) is 1. The van der Waals surface area contributed by atoms with E-state index in [9.17, 15) is 8.42 Å². The van der Waals surface area contributed by atoms with Crippen LogP contribution in [0, 0.1) is 6.92 Å². The standard InChI is InChI=1S/C14H24N2O3S/c1-11(2)19-8-7-16(4)20(17,18)14-9-13(10-15)6-5-12(14)3/h5-6,9,11H,7-8,10,15H2,1-4H3. The van der Waals surface area contributed by atoms with Gasteiger partial charge in [-0.1, -0.05) is 12.1 Å². The highest BCUT2D eigenvalue weighted by atomic mass is 32.2. The minimum atomic E-state index is -3.50. The fraction of sp³-hybridized carbons (Fsp3) is 0.571. The molecule has 0 saturated carbocycles. The Morgan fingerprint density at radius 2 is 2.00 bits per heavy atom. The topological polar surface area (TPSA) is 72.6 Å². The van der Waals surface area contributed by atoms with Gasteiger partial charge in [-0.3, -0.25) is 0 Å². The van der Waals surface area contributed by atoms with E-state index in [1.54, 1.807) is 26.1 Å². The van der Waals surface area contributed by atoms with Gasteiger partial charge < -0.3 is 10.5 Å². The second kappa shape index (κ2) is 7.17. The van der Waals surface area contributed by atoms with Gasteiger partial charge in [0.1, 0.15) is 0 Å². The van der Waals surface area contributed by atoms with Gasteiger partial charge in [-0.05, 0) is 38.0 Å². The van der Waals surface area contributed by atoms with Crippen molar-refractivity contribution in [3.8, 4) is 0 Å². The third kappa shape index (κ3) is 4.28. The number of nitrogens with two attached hydrogens (primary N) is 1. The van der Waals surface area contributed by atoms with Crippen molar-refractivity contribution in [2.45, 2.75) is 38.3 Å². The summed E-state index contributed by atoms with van der Waals surface area (Å²) < 4.78 is 31.8. The van der Waals surface area contributed by atoms with Crippen molar-refractivity contribution >= 4 is 10.0 Å². The minimum Gasteiger partial charge on any atom is -0.377 e. The van der Waals surface area contributed by atoms with Gasteiger partial charge in [-0.2, -0.15) is 4.31 Å². The van der Waals surface area contributed by atoms with Gasteiger partial charge >= 0.3 is 0 Å². The summed E-state index contributed by atoms with van der Waals surface area (Å²) in [6.45, 7) is 6.65. The molecule has 0 fully saturated rings. The lowest BCUT2D eigenvalue weighted by molar-refractivity contribution is 0.0737. The second-order valence-electron chi connectivity index (χ2n) is 5.05. The predicted octanol–water partition coefficient (Wildman–Crippen LogP) is 1.50. The first-order valence-electron chi connectivity index (χ1n) is 6.66. The first-order valence-corrected chi connectivity index (χ1v) is 8.10. The fourth-order valence-electron chi connectivity index (χ4n) is 1.75. The highest BCUT2D eigenvalue weighted by Crippen LogP contribution is 2.20. The molecule has 1 rings (SSSR count). The van der Waals surface area contributed by atoms with Crippen LogP contribution in [0.25, 0.3) is 0 Å². The molecular weight excluding hydrogens is 276 g/mol. The smallest absolute Gasteiger partial charge is 0.243 e. The zero-order valence-corrected chi connectivity index (χ0v) is 13.4. The highest BCUT2D eigenvalue weighted by Gasteiger charge is 2.22. The fourth-order valence-corrected chi connectivity index (χ4v) is 3.18. The van der Waals surface area contributed by atoms with Gasteiger partial charge in [-0.15, -0.1) is 0 Å². The van der Waals surface area contributed by atoms with Crippen LogP contribution in [0.2, 0.25) is 0 Å². The number of aryl methyl sites for hydroxylation is 1. The van der Waals surface area contributed by atoms with Crippen molar-refractivity contribution < 1.29 is 13.2 Å². The zero-order valence-electron chi connectivity index (χ0n) is 12.6. The minimum absolute atomic E-state index is 0.0911. The zero-order chi connectivity index (χ0) is 15.3. The molecule has 1 aromatic rings.